The first-order chi connectivity index (χ1) is 14.2. The molecule has 2 saturated carbocycles. The van der Waals surface area contributed by atoms with Gasteiger partial charge in [-0.2, -0.15) is 0 Å². The van der Waals surface area contributed by atoms with Crippen LogP contribution >= 0.6 is 0 Å². The SMILES string of the molecule is CC(C)NC(=O)N[C@H](C(=O)N1CC[C@H]2[C@H]1C1(CCC1)C(=O)N2C(=O)C1CC1)C(C)C. The molecule has 8 heteroatoms. The van der Waals surface area contributed by atoms with Gasteiger partial charge < -0.3 is 15.5 Å². The fourth-order valence-electron chi connectivity index (χ4n) is 5.47. The van der Waals surface area contributed by atoms with Gasteiger partial charge in [0.2, 0.25) is 17.7 Å². The third kappa shape index (κ3) is 3.28. The van der Waals surface area contributed by atoms with Gasteiger partial charge in [-0.3, -0.25) is 19.3 Å². The van der Waals surface area contributed by atoms with Gasteiger partial charge in [-0.05, 0) is 51.9 Å². The molecule has 4 fully saturated rings. The van der Waals surface area contributed by atoms with Crippen LogP contribution in [0.2, 0.25) is 0 Å². The molecule has 2 heterocycles. The molecule has 4 rings (SSSR count). The third-order valence-electron chi connectivity index (χ3n) is 7.24. The van der Waals surface area contributed by atoms with Crippen molar-refractivity contribution >= 4 is 23.8 Å². The second-order valence-electron chi connectivity index (χ2n) is 10.1. The van der Waals surface area contributed by atoms with Crippen LogP contribution in [0.15, 0.2) is 0 Å². The maximum absolute atomic E-state index is 13.6. The standard InChI is InChI=1S/C22H34N4O4/c1-12(2)16(24-21(30)23-13(3)4)19(28)25-11-8-15-17(25)22(9-5-10-22)20(29)26(15)18(27)14-6-7-14/h12-17H,5-11H2,1-4H3,(H2,23,24,30)/t15-,16-,17-/m0/s1. The zero-order chi connectivity index (χ0) is 21.8. The number of rotatable bonds is 5. The van der Waals surface area contributed by atoms with Crippen LogP contribution in [0.4, 0.5) is 4.79 Å². The smallest absolute Gasteiger partial charge is 0.315 e. The molecule has 2 aliphatic heterocycles. The van der Waals surface area contributed by atoms with Crippen LogP contribution in [0.5, 0.6) is 0 Å². The van der Waals surface area contributed by atoms with Crippen molar-refractivity contribution in [3.63, 3.8) is 0 Å². The number of urea groups is 1. The lowest BCUT2D eigenvalue weighted by Crippen LogP contribution is -2.59. The summed E-state index contributed by atoms with van der Waals surface area (Å²) in [6, 6.07) is -1.53. The highest BCUT2D eigenvalue weighted by Crippen LogP contribution is 2.56. The summed E-state index contributed by atoms with van der Waals surface area (Å²) in [5.74, 6) is -0.351. The Morgan fingerprint density at radius 1 is 1.03 bits per heavy atom. The van der Waals surface area contributed by atoms with Crippen LogP contribution in [-0.2, 0) is 14.4 Å². The molecule has 166 valence electrons. The second kappa shape index (κ2) is 7.54. The molecule has 2 saturated heterocycles. The molecule has 5 amide bonds. The van der Waals surface area contributed by atoms with Crippen molar-refractivity contribution in [2.45, 2.75) is 90.4 Å². The van der Waals surface area contributed by atoms with Crippen LogP contribution in [0.1, 0.15) is 66.2 Å². The van der Waals surface area contributed by atoms with E-state index < -0.39 is 11.5 Å². The minimum atomic E-state index is -0.664. The molecule has 0 bridgehead atoms. The summed E-state index contributed by atoms with van der Waals surface area (Å²) in [5.41, 5.74) is -0.608. The minimum Gasteiger partial charge on any atom is -0.336 e. The molecular formula is C22H34N4O4. The Balaban J connectivity index is 1.57. The monoisotopic (exact) mass is 418 g/mol. The number of imide groups is 1. The quantitative estimate of drug-likeness (QED) is 0.663. The first-order valence-electron chi connectivity index (χ1n) is 11.4. The number of carbonyl (C=O) groups is 4. The van der Waals surface area contributed by atoms with E-state index in [0.29, 0.717) is 13.0 Å². The molecule has 8 nitrogen and oxygen atoms in total. The van der Waals surface area contributed by atoms with E-state index in [-0.39, 0.29) is 53.7 Å². The van der Waals surface area contributed by atoms with E-state index in [1.807, 2.05) is 32.6 Å². The predicted molar refractivity (Wildman–Crippen MR) is 110 cm³/mol. The summed E-state index contributed by atoms with van der Waals surface area (Å²) in [6.07, 6.45) is 4.77. The number of nitrogens with zero attached hydrogens (tertiary/aromatic N) is 2. The molecule has 0 aromatic rings. The molecule has 30 heavy (non-hydrogen) atoms. The number of nitrogens with one attached hydrogen (secondary N) is 2. The van der Waals surface area contributed by atoms with Crippen LogP contribution < -0.4 is 10.6 Å². The zero-order valence-corrected chi connectivity index (χ0v) is 18.4. The molecule has 2 N–H and O–H groups in total. The number of hydrogen-bond acceptors (Lipinski definition) is 4. The zero-order valence-electron chi connectivity index (χ0n) is 18.4. The van der Waals surface area contributed by atoms with E-state index in [2.05, 4.69) is 10.6 Å². The highest BCUT2D eigenvalue weighted by atomic mass is 16.2. The summed E-state index contributed by atoms with van der Waals surface area (Å²) < 4.78 is 0. The largest absolute Gasteiger partial charge is 0.336 e. The number of fused-ring (bicyclic) bond motifs is 2. The van der Waals surface area contributed by atoms with Gasteiger partial charge in [0.05, 0.1) is 17.5 Å². The van der Waals surface area contributed by atoms with E-state index in [9.17, 15) is 19.2 Å². The van der Waals surface area contributed by atoms with E-state index in [1.54, 1.807) is 0 Å². The molecule has 4 aliphatic rings. The molecular weight excluding hydrogens is 384 g/mol. The first kappa shape index (κ1) is 21.1. The lowest BCUT2D eigenvalue weighted by Gasteiger charge is -2.44. The molecule has 0 aromatic heterocycles. The van der Waals surface area contributed by atoms with E-state index >= 15 is 0 Å². The van der Waals surface area contributed by atoms with Crippen molar-refractivity contribution in [1.82, 2.24) is 20.4 Å². The van der Waals surface area contributed by atoms with Gasteiger partial charge in [0, 0.05) is 18.5 Å². The molecule has 0 radical (unpaired) electrons. The van der Waals surface area contributed by atoms with Crippen molar-refractivity contribution in [3.8, 4) is 0 Å². The van der Waals surface area contributed by atoms with Crippen molar-refractivity contribution in [3.05, 3.63) is 0 Å². The Labute approximate surface area is 178 Å². The van der Waals surface area contributed by atoms with Crippen LogP contribution in [0, 0.1) is 17.3 Å². The normalized spacial score (nSPS) is 28.0. The maximum Gasteiger partial charge on any atom is 0.315 e. The second-order valence-corrected chi connectivity index (χ2v) is 10.1. The summed E-state index contributed by atoms with van der Waals surface area (Å²) >= 11 is 0. The van der Waals surface area contributed by atoms with Crippen LogP contribution in [-0.4, -0.2) is 64.3 Å². The Hall–Kier alpha value is -2.12. The number of amides is 5. The molecule has 2 aliphatic carbocycles. The minimum absolute atomic E-state index is 0.0145. The summed E-state index contributed by atoms with van der Waals surface area (Å²) in [7, 11) is 0. The van der Waals surface area contributed by atoms with Gasteiger partial charge in [-0.1, -0.05) is 20.3 Å². The fourth-order valence-corrected chi connectivity index (χ4v) is 5.47. The highest BCUT2D eigenvalue weighted by molar-refractivity contribution is 6.04. The lowest BCUT2D eigenvalue weighted by molar-refractivity contribution is -0.152. The molecule has 0 aromatic carbocycles. The van der Waals surface area contributed by atoms with Crippen molar-refractivity contribution in [1.29, 1.82) is 0 Å². The Kier molecular flexibility index (Phi) is 5.31. The van der Waals surface area contributed by atoms with Gasteiger partial charge in [0.25, 0.3) is 0 Å². The third-order valence-corrected chi connectivity index (χ3v) is 7.24. The average molecular weight is 419 g/mol. The van der Waals surface area contributed by atoms with E-state index in [4.69, 9.17) is 0 Å². The summed E-state index contributed by atoms with van der Waals surface area (Å²) in [6.45, 7) is 8.08. The Morgan fingerprint density at radius 3 is 2.20 bits per heavy atom. The van der Waals surface area contributed by atoms with Gasteiger partial charge >= 0.3 is 6.03 Å². The van der Waals surface area contributed by atoms with Crippen molar-refractivity contribution < 1.29 is 19.2 Å². The Bertz CT molecular complexity index is 756. The van der Waals surface area contributed by atoms with E-state index in [0.717, 1.165) is 32.1 Å². The number of hydrogen-bond donors (Lipinski definition) is 2. The lowest BCUT2D eigenvalue weighted by atomic mass is 9.64. The molecule has 0 unspecified atom stereocenters. The van der Waals surface area contributed by atoms with Crippen molar-refractivity contribution in [2.24, 2.45) is 17.3 Å². The van der Waals surface area contributed by atoms with Crippen molar-refractivity contribution in [2.75, 3.05) is 6.54 Å². The first-order valence-corrected chi connectivity index (χ1v) is 11.4. The summed E-state index contributed by atoms with van der Waals surface area (Å²) in [4.78, 5) is 55.4. The van der Waals surface area contributed by atoms with Gasteiger partial charge in [0.1, 0.15) is 6.04 Å². The number of likely N-dealkylation sites (tertiary alicyclic amines) is 2. The molecule has 3 atom stereocenters. The fraction of sp³-hybridized carbons (Fsp3) is 0.818. The maximum atomic E-state index is 13.6. The van der Waals surface area contributed by atoms with E-state index in [1.165, 1.54) is 4.90 Å². The van der Waals surface area contributed by atoms with Crippen LogP contribution in [0.3, 0.4) is 0 Å². The van der Waals surface area contributed by atoms with Gasteiger partial charge in [0.15, 0.2) is 0 Å². The summed E-state index contributed by atoms with van der Waals surface area (Å²) in [5, 5.41) is 5.61. The van der Waals surface area contributed by atoms with Crippen LogP contribution in [0.25, 0.3) is 0 Å². The van der Waals surface area contributed by atoms with Gasteiger partial charge in [-0.25, -0.2) is 4.79 Å². The topological polar surface area (TPSA) is 98.8 Å². The highest BCUT2D eigenvalue weighted by Gasteiger charge is 2.68. The van der Waals surface area contributed by atoms with Gasteiger partial charge in [-0.15, -0.1) is 0 Å². The predicted octanol–water partition coefficient (Wildman–Crippen LogP) is 1.64. The molecule has 1 spiro atoms. The number of carbonyl (C=O) groups excluding carboxylic acids is 4. The average Bonchev–Trinajstić information content (AvgIpc) is 3.33. The Morgan fingerprint density at radius 2 is 1.70 bits per heavy atom.